The Morgan fingerprint density at radius 1 is 1.04 bits per heavy atom. The molecule has 2 aromatic heterocycles. The Balaban J connectivity index is 1.68. The predicted molar refractivity (Wildman–Crippen MR) is 89.2 cm³/mol. The van der Waals surface area contributed by atoms with Gasteiger partial charge < -0.3 is 14.2 Å². The van der Waals surface area contributed by atoms with Crippen molar-refractivity contribution >= 4 is 33.7 Å². The Bertz CT molecular complexity index is 1140. The molecule has 0 radical (unpaired) electrons. The van der Waals surface area contributed by atoms with E-state index in [1.807, 2.05) is 0 Å². The highest BCUT2D eigenvalue weighted by molar-refractivity contribution is 6.03. The first-order chi connectivity index (χ1) is 11.6. The lowest BCUT2D eigenvalue weighted by Crippen LogP contribution is -2.14. The smallest absolute Gasteiger partial charge is 0.291 e. The molecule has 118 valence electrons. The van der Waals surface area contributed by atoms with E-state index in [4.69, 9.17) is 8.83 Å². The largest absolute Gasteiger partial charge is 0.451 e. The minimum absolute atomic E-state index is 0.0462. The molecule has 0 aliphatic rings. The Morgan fingerprint density at radius 2 is 1.88 bits per heavy atom. The number of carbonyl (C=O) groups excluding carboxylic acids is 1. The van der Waals surface area contributed by atoms with Gasteiger partial charge in [0.25, 0.3) is 5.91 Å². The summed E-state index contributed by atoms with van der Waals surface area (Å²) in [6.45, 7) is 1.75. The average Bonchev–Trinajstić information content (AvgIpc) is 2.94. The molecule has 4 aromatic rings. The molecular weight excluding hydrogens is 308 g/mol. The van der Waals surface area contributed by atoms with Crippen LogP contribution in [0.3, 0.4) is 0 Å². The maximum absolute atomic E-state index is 12.4. The molecule has 24 heavy (non-hydrogen) atoms. The number of anilines is 1. The van der Waals surface area contributed by atoms with E-state index in [0.717, 1.165) is 0 Å². The quantitative estimate of drug-likeness (QED) is 0.611. The highest BCUT2D eigenvalue weighted by atomic mass is 16.3. The zero-order valence-corrected chi connectivity index (χ0v) is 12.7. The number of hydrogen-bond donors (Lipinski definition) is 1. The molecule has 0 aliphatic heterocycles. The van der Waals surface area contributed by atoms with E-state index in [2.05, 4.69) is 10.3 Å². The van der Waals surface area contributed by atoms with Crippen molar-refractivity contribution in [2.24, 2.45) is 0 Å². The zero-order chi connectivity index (χ0) is 16.7. The standard InChI is InChI=1S/C18H12N2O4/c1-10-19-13-8-11(6-7-16(13)23-10)20-18(22)17-9-14(21)12-4-2-3-5-15(12)24-17/h2-9H,1H3,(H,20,22). The molecule has 0 spiro atoms. The van der Waals surface area contributed by atoms with Gasteiger partial charge in [0.05, 0.1) is 5.39 Å². The van der Waals surface area contributed by atoms with Crippen molar-refractivity contribution < 1.29 is 13.6 Å². The fourth-order valence-corrected chi connectivity index (χ4v) is 2.53. The van der Waals surface area contributed by atoms with Crippen LogP contribution < -0.4 is 10.7 Å². The Hall–Kier alpha value is -3.41. The maximum Gasteiger partial charge on any atom is 0.291 e. The van der Waals surface area contributed by atoms with Crippen LogP contribution in [0.4, 0.5) is 5.69 Å². The molecule has 6 nitrogen and oxygen atoms in total. The van der Waals surface area contributed by atoms with Gasteiger partial charge in [-0.3, -0.25) is 9.59 Å². The third kappa shape index (κ3) is 2.44. The van der Waals surface area contributed by atoms with E-state index < -0.39 is 5.91 Å². The Labute approximate surface area is 135 Å². The van der Waals surface area contributed by atoms with Crippen molar-refractivity contribution in [1.29, 1.82) is 0 Å². The number of carbonyl (C=O) groups is 1. The first kappa shape index (κ1) is 14.2. The molecule has 0 saturated carbocycles. The van der Waals surface area contributed by atoms with Gasteiger partial charge in [0.1, 0.15) is 11.1 Å². The van der Waals surface area contributed by atoms with E-state index >= 15 is 0 Å². The van der Waals surface area contributed by atoms with Gasteiger partial charge in [0, 0.05) is 18.7 Å². The highest BCUT2D eigenvalue weighted by Crippen LogP contribution is 2.20. The highest BCUT2D eigenvalue weighted by Gasteiger charge is 2.13. The monoisotopic (exact) mass is 320 g/mol. The van der Waals surface area contributed by atoms with Crippen LogP contribution in [0.1, 0.15) is 16.4 Å². The molecule has 6 heteroatoms. The number of oxazole rings is 1. The summed E-state index contributed by atoms with van der Waals surface area (Å²) in [4.78, 5) is 28.7. The number of fused-ring (bicyclic) bond motifs is 2. The SMILES string of the molecule is Cc1nc2cc(NC(=O)c3cc(=O)c4ccccc4o3)ccc2o1. The third-order valence-corrected chi connectivity index (χ3v) is 3.61. The molecule has 2 heterocycles. The lowest BCUT2D eigenvalue weighted by atomic mass is 10.2. The second kappa shape index (κ2) is 5.34. The molecule has 0 unspecified atom stereocenters. The lowest BCUT2D eigenvalue weighted by molar-refractivity contribution is 0.0997. The summed E-state index contributed by atoms with van der Waals surface area (Å²) in [5, 5.41) is 3.14. The number of aryl methyl sites for hydroxylation is 1. The van der Waals surface area contributed by atoms with Gasteiger partial charge in [-0.2, -0.15) is 0 Å². The summed E-state index contributed by atoms with van der Waals surface area (Å²) < 4.78 is 10.9. The van der Waals surface area contributed by atoms with Crippen molar-refractivity contribution in [2.75, 3.05) is 5.32 Å². The Morgan fingerprint density at radius 3 is 2.75 bits per heavy atom. The van der Waals surface area contributed by atoms with E-state index in [0.29, 0.717) is 33.6 Å². The topological polar surface area (TPSA) is 85.3 Å². The second-order valence-corrected chi connectivity index (χ2v) is 5.34. The second-order valence-electron chi connectivity index (χ2n) is 5.34. The van der Waals surface area contributed by atoms with Crippen LogP contribution in [0.5, 0.6) is 0 Å². The number of nitrogens with zero attached hydrogens (tertiary/aromatic N) is 1. The lowest BCUT2D eigenvalue weighted by Gasteiger charge is -2.05. The summed E-state index contributed by atoms with van der Waals surface area (Å²) in [6.07, 6.45) is 0. The van der Waals surface area contributed by atoms with Gasteiger partial charge in [-0.15, -0.1) is 0 Å². The molecule has 0 saturated heterocycles. The van der Waals surface area contributed by atoms with Crippen molar-refractivity contribution in [2.45, 2.75) is 6.92 Å². The average molecular weight is 320 g/mol. The third-order valence-electron chi connectivity index (χ3n) is 3.61. The molecule has 2 aromatic carbocycles. The fraction of sp³-hybridized carbons (Fsp3) is 0.0556. The van der Waals surface area contributed by atoms with Crippen LogP contribution in [0, 0.1) is 6.92 Å². The molecule has 0 bridgehead atoms. The van der Waals surface area contributed by atoms with Crippen LogP contribution in [0.15, 0.2) is 62.2 Å². The first-order valence-electron chi connectivity index (χ1n) is 7.31. The van der Waals surface area contributed by atoms with Gasteiger partial charge in [0.15, 0.2) is 22.7 Å². The van der Waals surface area contributed by atoms with Crippen LogP contribution in [-0.2, 0) is 0 Å². The predicted octanol–water partition coefficient (Wildman–Crippen LogP) is 3.49. The van der Waals surface area contributed by atoms with E-state index in [1.54, 1.807) is 49.4 Å². The minimum Gasteiger partial charge on any atom is -0.451 e. The number of benzene rings is 2. The Kier molecular flexibility index (Phi) is 3.16. The summed E-state index contributed by atoms with van der Waals surface area (Å²) in [5.74, 6) is 0.00144. The maximum atomic E-state index is 12.4. The van der Waals surface area contributed by atoms with Crippen LogP contribution in [-0.4, -0.2) is 10.9 Å². The molecule has 0 aliphatic carbocycles. The van der Waals surface area contributed by atoms with E-state index in [9.17, 15) is 9.59 Å². The fourth-order valence-electron chi connectivity index (χ4n) is 2.53. The number of rotatable bonds is 2. The minimum atomic E-state index is -0.502. The van der Waals surface area contributed by atoms with Crippen LogP contribution in [0.25, 0.3) is 22.1 Å². The van der Waals surface area contributed by atoms with Crippen LogP contribution in [0.2, 0.25) is 0 Å². The van der Waals surface area contributed by atoms with Gasteiger partial charge >= 0.3 is 0 Å². The number of hydrogen-bond acceptors (Lipinski definition) is 5. The number of aromatic nitrogens is 1. The van der Waals surface area contributed by atoms with Gasteiger partial charge in [-0.05, 0) is 30.3 Å². The zero-order valence-electron chi connectivity index (χ0n) is 12.7. The first-order valence-corrected chi connectivity index (χ1v) is 7.31. The molecule has 0 atom stereocenters. The molecule has 0 fully saturated rings. The van der Waals surface area contributed by atoms with E-state index in [1.165, 1.54) is 6.07 Å². The summed E-state index contributed by atoms with van der Waals surface area (Å²) in [6, 6.07) is 13.1. The van der Waals surface area contributed by atoms with Crippen LogP contribution >= 0.6 is 0 Å². The van der Waals surface area contributed by atoms with Crippen molar-refractivity contribution in [3.63, 3.8) is 0 Å². The van der Waals surface area contributed by atoms with Crippen molar-refractivity contribution in [1.82, 2.24) is 4.98 Å². The normalized spacial score (nSPS) is 11.0. The number of nitrogens with one attached hydrogen (secondary N) is 1. The molecule has 1 N–H and O–H groups in total. The summed E-state index contributed by atoms with van der Waals surface area (Å²) in [7, 11) is 0. The molecule has 4 rings (SSSR count). The number of amides is 1. The summed E-state index contributed by atoms with van der Waals surface area (Å²) in [5.41, 5.74) is 1.94. The van der Waals surface area contributed by atoms with Gasteiger partial charge in [-0.25, -0.2) is 4.98 Å². The molecule has 1 amide bonds. The van der Waals surface area contributed by atoms with E-state index in [-0.39, 0.29) is 11.2 Å². The van der Waals surface area contributed by atoms with Crippen molar-refractivity contribution in [3.05, 3.63) is 70.4 Å². The number of para-hydroxylation sites is 1. The summed E-state index contributed by atoms with van der Waals surface area (Å²) >= 11 is 0. The van der Waals surface area contributed by atoms with Gasteiger partial charge in [-0.1, -0.05) is 12.1 Å². The van der Waals surface area contributed by atoms with Crippen molar-refractivity contribution in [3.8, 4) is 0 Å². The molecular formula is C18H12N2O4. The van der Waals surface area contributed by atoms with Gasteiger partial charge in [0.2, 0.25) is 0 Å².